The molecule has 3 aromatic carbocycles. The Morgan fingerprint density at radius 2 is 1.64 bits per heavy atom. The van der Waals surface area contributed by atoms with Crippen molar-refractivity contribution in [3.05, 3.63) is 83.4 Å². The van der Waals surface area contributed by atoms with E-state index in [0.717, 1.165) is 15.8 Å². The Labute approximate surface area is 216 Å². The first kappa shape index (κ1) is 25.8. The summed E-state index contributed by atoms with van der Waals surface area (Å²) in [5.41, 5.74) is 3.10. The van der Waals surface area contributed by atoms with Gasteiger partial charge < -0.3 is 4.74 Å². The van der Waals surface area contributed by atoms with Crippen LogP contribution in [0.25, 0.3) is 10.2 Å². The van der Waals surface area contributed by atoms with Gasteiger partial charge in [-0.05, 0) is 48.4 Å². The SMILES string of the molecule is CCN(CC)S(=O)(=O)c1ccc(C(=O)N(Cc2ccccc2)c2nc3c(OC)ccc(C)c3s2)cc1. The predicted octanol–water partition coefficient (Wildman–Crippen LogP) is 5.49. The number of ether oxygens (including phenoxy) is 1. The van der Waals surface area contributed by atoms with Gasteiger partial charge in [-0.2, -0.15) is 4.31 Å². The number of fused-ring (bicyclic) bond motifs is 1. The lowest BCUT2D eigenvalue weighted by Gasteiger charge is -2.21. The zero-order chi connectivity index (χ0) is 25.9. The number of methoxy groups -OCH3 is 1. The van der Waals surface area contributed by atoms with Gasteiger partial charge in [0, 0.05) is 18.7 Å². The molecule has 0 aliphatic carbocycles. The summed E-state index contributed by atoms with van der Waals surface area (Å²) in [4.78, 5) is 20.4. The summed E-state index contributed by atoms with van der Waals surface area (Å²) < 4.78 is 33.6. The van der Waals surface area contributed by atoms with Gasteiger partial charge in [-0.15, -0.1) is 0 Å². The molecule has 4 aromatic rings. The quantitative estimate of drug-likeness (QED) is 0.290. The van der Waals surface area contributed by atoms with Crippen LogP contribution in [0.3, 0.4) is 0 Å². The zero-order valence-corrected chi connectivity index (χ0v) is 22.4. The molecule has 0 spiro atoms. The lowest BCUT2D eigenvalue weighted by atomic mass is 10.1. The molecule has 36 heavy (non-hydrogen) atoms. The highest BCUT2D eigenvalue weighted by Crippen LogP contribution is 2.37. The van der Waals surface area contributed by atoms with E-state index < -0.39 is 10.0 Å². The molecule has 0 saturated heterocycles. The number of aromatic nitrogens is 1. The smallest absolute Gasteiger partial charge is 0.260 e. The summed E-state index contributed by atoms with van der Waals surface area (Å²) in [6.45, 7) is 6.68. The number of benzene rings is 3. The van der Waals surface area contributed by atoms with Crippen molar-refractivity contribution in [1.29, 1.82) is 0 Å². The Morgan fingerprint density at radius 3 is 2.25 bits per heavy atom. The molecule has 1 heterocycles. The maximum atomic E-state index is 13.8. The highest BCUT2D eigenvalue weighted by molar-refractivity contribution is 7.89. The number of thiazole rings is 1. The summed E-state index contributed by atoms with van der Waals surface area (Å²) in [5.74, 6) is 0.387. The second kappa shape index (κ2) is 10.8. The predicted molar refractivity (Wildman–Crippen MR) is 144 cm³/mol. The number of sulfonamides is 1. The minimum Gasteiger partial charge on any atom is -0.494 e. The molecule has 0 saturated carbocycles. The number of carbonyl (C=O) groups is 1. The van der Waals surface area contributed by atoms with Crippen LogP contribution in [0.2, 0.25) is 0 Å². The molecule has 1 aromatic heterocycles. The third-order valence-electron chi connectivity index (χ3n) is 6.02. The van der Waals surface area contributed by atoms with E-state index in [1.54, 1.807) is 38.0 Å². The molecule has 0 aliphatic heterocycles. The van der Waals surface area contributed by atoms with E-state index in [0.29, 0.717) is 41.6 Å². The van der Waals surface area contributed by atoms with Crippen LogP contribution in [0.1, 0.15) is 35.3 Å². The molecule has 9 heteroatoms. The average molecular weight is 524 g/mol. The number of nitrogens with zero attached hydrogens (tertiary/aromatic N) is 3. The summed E-state index contributed by atoms with van der Waals surface area (Å²) in [6, 6.07) is 19.7. The van der Waals surface area contributed by atoms with E-state index in [4.69, 9.17) is 9.72 Å². The Kier molecular flexibility index (Phi) is 7.73. The Balaban J connectivity index is 1.75. The molecule has 0 radical (unpaired) electrons. The maximum Gasteiger partial charge on any atom is 0.260 e. The molecule has 0 fully saturated rings. The topological polar surface area (TPSA) is 79.8 Å². The number of amides is 1. The van der Waals surface area contributed by atoms with Crippen molar-refractivity contribution in [2.45, 2.75) is 32.2 Å². The van der Waals surface area contributed by atoms with Gasteiger partial charge in [0.2, 0.25) is 10.0 Å². The van der Waals surface area contributed by atoms with Gasteiger partial charge in [-0.3, -0.25) is 9.69 Å². The number of rotatable bonds is 9. The first-order valence-electron chi connectivity index (χ1n) is 11.7. The first-order chi connectivity index (χ1) is 17.3. The maximum absolute atomic E-state index is 13.8. The molecular weight excluding hydrogens is 494 g/mol. The van der Waals surface area contributed by atoms with Crippen molar-refractivity contribution >= 4 is 42.6 Å². The molecule has 0 unspecified atom stereocenters. The zero-order valence-electron chi connectivity index (χ0n) is 20.8. The highest BCUT2D eigenvalue weighted by atomic mass is 32.2. The molecule has 4 rings (SSSR count). The van der Waals surface area contributed by atoms with Crippen molar-refractivity contribution in [2.75, 3.05) is 25.1 Å². The van der Waals surface area contributed by atoms with Crippen LogP contribution in [-0.2, 0) is 16.6 Å². The van der Waals surface area contributed by atoms with Crippen molar-refractivity contribution in [1.82, 2.24) is 9.29 Å². The first-order valence-corrected chi connectivity index (χ1v) is 14.0. The number of hydrogen-bond donors (Lipinski definition) is 0. The van der Waals surface area contributed by atoms with E-state index in [1.165, 1.54) is 27.8 Å². The monoisotopic (exact) mass is 523 g/mol. The van der Waals surface area contributed by atoms with Crippen LogP contribution in [-0.4, -0.2) is 43.8 Å². The molecule has 1 amide bonds. The fraction of sp³-hybridized carbons (Fsp3) is 0.259. The molecular formula is C27H29N3O4S2. The molecule has 188 valence electrons. The van der Waals surface area contributed by atoms with Crippen molar-refractivity contribution in [3.8, 4) is 5.75 Å². The van der Waals surface area contributed by atoms with Gasteiger partial charge in [-0.1, -0.05) is 61.6 Å². The van der Waals surface area contributed by atoms with Crippen LogP contribution in [0.4, 0.5) is 5.13 Å². The summed E-state index contributed by atoms with van der Waals surface area (Å²) in [7, 11) is -2.01. The van der Waals surface area contributed by atoms with E-state index in [1.807, 2.05) is 49.4 Å². The molecule has 0 N–H and O–H groups in total. The van der Waals surface area contributed by atoms with Gasteiger partial charge in [0.1, 0.15) is 11.3 Å². The fourth-order valence-corrected chi connectivity index (χ4v) is 6.52. The van der Waals surface area contributed by atoms with Crippen LogP contribution >= 0.6 is 11.3 Å². The van der Waals surface area contributed by atoms with E-state index in [2.05, 4.69) is 0 Å². The van der Waals surface area contributed by atoms with E-state index in [-0.39, 0.29) is 10.8 Å². The second-order valence-electron chi connectivity index (χ2n) is 8.25. The summed E-state index contributed by atoms with van der Waals surface area (Å²) >= 11 is 1.43. The van der Waals surface area contributed by atoms with Crippen LogP contribution in [0.15, 0.2) is 71.6 Å². The lowest BCUT2D eigenvalue weighted by molar-refractivity contribution is 0.0985. The minimum absolute atomic E-state index is 0.165. The molecule has 7 nitrogen and oxygen atoms in total. The minimum atomic E-state index is -3.61. The van der Waals surface area contributed by atoms with Crippen molar-refractivity contribution in [3.63, 3.8) is 0 Å². The van der Waals surface area contributed by atoms with Gasteiger partial charge in [-0.25, -0.2) is 13.4 Å². The number of anilines is 1. The van der Waals surface area contributed by atoms with Crippen LogP contribution < -0.4 is 9.64 Å². The van der Waals surface area contributed by atoms with Crippen LogP contribution in [0, 0.1) is 6.92 Å². The molecule has 0 aliphatic rings. The van der Waals surface area contributed by atoms with Crippen molar-refractivity contribution in [2.24, 2.45) is 0 Å². The fourth-order valence-electron chi connectivity index (χ4n) is 4.01. The number of aryl methyl sites for hydroxylation is 1. The van der Waals surface area contributed by atoms with E-state index >= 15 is 0 Å². The van der Waals surface area contributed by atoms with Gasteiger partial charge in [0.25, 0.3) is 5.91 Å². The normalized spacial score (nSPS) is 11.7. The Bertz CT molecular complexity index is 1460. The third kappa shape index (κ3) is 5.00. The van der Waals surface area contributed by atoms with Gasteiger partial charge in [0.15, 0.2) is 5.13 Å². The Morgan fingerprint density at radius 1 is 0.972 bits per heavy atom. The highest BCUT2D eigenvalue weighted by Gasteiger charge is 2.25. The number of hydrogen-bond acceptors (Lipinski definition) is 6. The lowest BCUT2D eigenvalue weighted by Crippen LogP contribution is -2.31. The van der Waals surface area contributed by atoms with Gasteiger partial charge >= 0.3 is 0 Å². The largest absolute Gasteiger partial charge is 0.494 e. The summed E-state index contributed by atoms with van der Waals surface area (Å²) in [6.07, 6.45) is 0. The molecule has 0 atom stereocenters. The molecule has 0 bridgehead atoms. The second-order valence-corrected chi connectivity index (χ2v) is 11.2. The van der Waals surface area contributed by atoms with Gasteiger partial charge in [0.05, 0.1) is 23.2 Å². The summed E-state index contributed by atoms with van der Waals surface area (Å²) in [5, 5.41) is 0.547. The average Bonchev–Trinajstić information content (AvgIpc) is 3.34. The third-order valence-corrected chi connectivity index (χ3v) is 9.29. The van der Waals surface area contributed by atoms with Crippen LogP contribution in [0.5, 0.6) is 5.75 Å². The standard InChI is InChI=1S/C27H29N3O4S2/c1-5-29(6-2)36(32,33)22-15-13-21(14-16-22)26(31)30(18-20-10-8-7-9-11-20)27-28-24-23(34-4)17-12-19(3)25(24)35-27/h7-17H,5-6,18H2,1-4H3. The van der Waals surface area contributed by atoms with E-state index in [9.17, 15) is 13.2 Å². The Hall–Kier alpha value is -3.27. The van der Waals surface area contributed by atoms with Crippen molar-refractivity contribution < 1.29 is 17.9 Å². The number of carbonyl (C=O) groups excluding carboxylic acids is 1.